The number of nitrogens with two attached hydrogens (primary N) is 1. The first kappa shape index (κ1) is 12.0. The molecule has 0 fully saturated rings. The van der Waals surface area contributed by atoms with Gasteiger partial charge in [0.25, 0.3) is 0 Å². The van der Waals surface area contributed by atoms with E-state index < -0.39 is 11.9 Å². The van der Waals surface area contributed by atoms with Crippen LogP contribution in [0.1, 0.15) is 18.1 Å². The Kier molecular flexibility index (Phi) is 3.83. The number of aliphatic carboxylic acids is 1. The number of carbonyl (C=O) groups excluding carboxylic acids is 1. The lowest BCUT2D eigenvalue weighted by atomic mass is 10.0. The van der Waals surface area contributed by atoms with Crippen molar-refractivity contribution < 1.29 is 14.7 Å². The standard InChI is InChI=1S/C12H13NO3/c1-2-8-3-5-9(6-4-8)10(12(15)16)7-11(13)14/h3-7H,2H2,1H3,(H2,13,14)(H,15,16)/b10-7-. The van der Waals surface area contributed by atoms with Crippen LogP contribution in [-0.4, -0.2) is 17.0 Å². The molecule has 0 aromatic heterocycles. The number of carboxylic acids is 1. The average Bonchev–Trinajstić information content (AvgIpc) is 2.25. The predicted molar refractivity (Wildman–Crippen MR) is 60.6 cm³/mol. The van der Waals surface area contributed by atoms with Crippen LogP contribution in [0.25, 0.3) is 5.57 Å². The first-order chi connectivity index (χ1) is 7.54. The summed E-state index contributed by atoms with van der Waals surface area (Å²) in [5.41, 5.74) is 6.44. The van der Waals surface area contributed by atoms with Crippen molar-refractivity contribution in [2.24, 2.45) is 5.73 Å². The number of primary amides is 1. The molecule has 0 spiro atoms. The Bertz CT molecular complexity index is 432. The highest BCUT2D eigenvalue weighted by Gasteiger charge is 2.11. The molecule has 0 unspecified atom stereocenters. The van der Waals surface area contributed by atoms with E-state index in [0.29, 0.717) is 5.56 Å². The lowest BCUT2D eigenvalue weighted by Crippen LogP contribution is -2.10. The molecule has 0 heterocycles. The summed E-state index contributed by atoms with van der Waals surface area (Å²) >= 11 is 0. The van der Waals surface area contributed by atoms with Crippen molar-refractivity contribution in [3.8, 4) is 0 Å². The van der Waals surface area contributed by atoms with Crippen molar-refractivity contribution in [1.82, 2.24) is 0 Å². The van der Waals surface area contributed by atoms with Crippen LogP contribution in [-0.2, 0) is 16.0 Å². The smallest absolute Gasteiger partial charge is 0.336 e. The van der Waals surface area contributed by atoms with E-state index in [9.17, 15) is 9.59 Å². The summed E-state index contributed by atoms with van der Waals surface area (Å²) in [7, 11) is 0. The minimum absolute atomic E-state index is 0.0878. The number of amides is 1. The minimum atomic E-state index is -1.16. The van der Waals surface area contributed by atoms with E-state index in [1.165, 1.54) is 0 Å². The van der Waals surface area contributed by atoms with Gasteiger partial charge in [0, 0.05) is 6.08 Å². The molecule has 0 bridgehead atoms. The molecule has 0 aliphatic heterocycles. The molecule has 3 N–H and O–H groups in total. The monoisotopic (exact) mass is 219 g/mol. The molecule has 0 aliphatic carbocycles. The van der Waals surface area contributed by atoms with Gasteiger partial charge in [0.1, 0.15) is 0 Å². The Morgan fingerprint density at radius 2 is 1.88 bits per heavy atom. The number of hydrogen-bond donors (Lipinski definition) is 2. The van der Waals surface area contributed by atoms with Crippen LogP contribution in [0.3, 0.4) is 0 Å². The van der Waals surface area contributed by atoms with Crippen molar-refractivity contribution in [3.05, 3.63) is 41.5 Å². The van der Waals surface area contributed by atoms with E-state index in [0.717, 1.165) is 18.1 Å². The molecule has 0 saturated carbocycles. The second-order valence-electron chi connectivity index (χ2n) is 3.32. The summed E-state index contributed by atoms with van der Waals surface area (Å²) in [5.74, 6) is -1.93. The van der Waals surface area contributed by atoms with Crippen molar-refractivity contribution >= 4 is 17.4 Å². The van der Waals surface area contributed by atoms with Gasteiger partial charge in [-0.2, -0.15) is 0 Å². The lowest BCUT2D eigenvalue weighted by molar-refractivity contribution is -0.130. The van der Waals surface area contributed by atoms with Crippen molar-refractivity contribution in [1.29, 1.82) is 0 Å². The zero-order valence-corrected chi connectivity index (χ0v) is 8.93. The highest BCUT2D eigenvalue weighted by atomic mass is 16.4. The lowest BCUT2D eigenvalue weighted by Gasteiger charge is -2.03. The summed E-state index contributed by atoms with van der Waals surface area (Å²) < 4.78 is 0. The van der Waals surface area contributed by atoms with Gasteiger partial charge in [-0.3, -0.25) is 4.79 Å². The number of carboxylic acid groups (broad SMARTS) is 1. The van der Waals surface area contributed by atoms with Crippen molar-refractivity contribution in [3.63, 3.8) is 0 Å². The van der Waals surface area contributed by atoms with Crippen LogP contribution >= 0.6 is 0 Å². The van der Waals surface area contributed by atoms with Crippen LogP contribution < -0.4 is 5.73 Å². The molecule has 1 rings (SSSR count). The number of aryl methyl sites for hydroxylation is 1. The number of carbonyl (C=O) groups is 2. The predicted octanol–water partition coefficient (Wildman–Crippen LogP) is 1.20. The largest absolute Gasteiger partial charge is 0.478 e. The fourth-order valence-electron chi connectivity index (χ4n) is 1.33. The summed E-state index contributed by atoms with van der Waals surface area (Å²) in [6.45, 7) is 2.01. The first-order valence-electron chi connectivity index (χ1n) is 4.88. The Morgan fingerprint density at radius 3 is 2.25 bits per heavy atom. The third kappa shape index (κ3) is 2.95. The fraction of sp³-hybridized carbons (Fsp3) is 0.167. The zero-order chi connectivity index (χ0) is 12.1. The molecule has 0 atom stereocenters. The minimum Gasteiger partial charge on any atom is -0.478 e. The maximum Gasteiger partial charge on any atom is 0.336 e. The van der Waals surface area contributed by atoms with Gasteiger partial charge in [0.15, 0.2) is 0 Å². The molecule has 1 amide bonds. The van der Waals surface area contributed by atoms with Crippen LogP contribution in [0.5, 0.6) is 0 Å². The van der Waals surface area contributed by atoms with E-state index in [4.69, 9.17) is 10.8 Å². The number of rotatable bonds is 4. The summed E-state index contributed by atoms with van der Waals surface area (Å²) in [5, 5.41) is 8.93. The Hall–Kier alpha value is -2.10. The van der Waals surface area contributed by atoms with E-state index in [2.05, 4.69) is 0 Å². The van der Waals surface area contributed by atoms with Gasteiger partial charge in [0.05, 0.1) is 5.57 Å². The Labute approximate surface area is 93.4 Å². The molecule has 4 heteroatoms. The van der Waals surface area contributed by atoms with Crippen LogP contribution in [0.2, 0.25) is 0 Å². The molecule has 84 valence electrons. The molecular formula is C12H13NO3. The molecule has 1 aromatic carbocycles. The Morgan fingerprint density at radius 1 is 1.31 bits per heavy atom. The summed E-state index contributed by atoms with van der Waals surface area (Å²) in [6, 6.07) is 6.99. The van der Waals surface area contributed by atoms with Gasteiger partial charge in [-0.25, -0.2) is 4.79 Å². The Balaban J connectivity index is 3.12. The second-order valence-corrected chi connectivity index (χ2v) is 3.32. The highest BCUT2D eigenvalue weighted by Crippen LogP contribution is 2.15. The van der Waals surface area contributed by atoms with Gasteiger partial charge in [-0.1, -0.05) is 31.2 Å². The van der Waals surface area contributed by atoms with Crippen molar-refractivity contribution in [2.45, 2.75) is 13.3 Å². The van der Waals surface area contributed by atoms with Gasteiger partial charge in [-0.15, -0.1) is 0 Å². The van der Waals surface area contributed by atoms with E-state index >= 15 is 0 Å². The molecule has 0 aliphatic rings. The first-order valence-corrected chi connectivity index (χ1v) is 4.88. The van der Waals surface area contributed by atoms with Crippen molar-refractivity contribution in [2.75, 3.05) is 0 Å². The normalized spacial score (nSPS) is 11.2. The van der Waals surface area contributed by atoms with Crippen LogP contribution in [0.15, 0.2) is 30.3 Å². The second kappa shape index (κ2) is 5.11. The average molecular weight is 219 g/mol. The zero-order valence-electron chi connectivity index (χ0n) is 8.93. The molecule has 0 saturated heterocycles. The maximum absolute atomic E-state index is 10.9. The maximum atomic E-state index is 10.9. The third-order valence-electron chi connectivity index (χ3n) is 2.19. The van der Waals surface area contributed by atoms with Crippen LogP contribution in [0, 0.1) is 0 Å². The number of hydrogen-bond acceptors (Lipinski definition) is 2. The van der Waals surface area contributed by atoms with E-state index in [-0.39, 0.29) is 5.57 Å². The van der Waals surface area contributed by atoms with Gasteiger partial charge >= 0.3 is 5.97 Å². The molecule has 16 heavy (non-hydrogen) atoms. The topological polar surface area (TPSA) is 80.4 Å². The third-order valence-corrected chi connectivity index (χ3v) is 2.19. The van der Waals surface area contributed by atoms with E-state index in [1.807, 2.05) is 19.1 Å². The molecule has 1 aromatic rings. The summed E-state index contributed by atoms with van der Waals surface area (Å²) in [6.07, 6.45) is 1.80. The van der Waals surface area contributed by atoms with Crippen LogP contribution in [0.4, 0.5) is 0 Å². The van der Waals surface area contributed by atoms with Gasteiger partial charge in [-0.05, 0) is 17.5 Å². The molecule has 0 radical (unpaired) electrons. The molecular weight excluding hydrogens is 206 g/mol. The quantitative estimate of drug-likeness (QED) is 0.747. The fourth-order valence-corrected chi connectivity index (χ4v) is 1.33. The summed E-state index contributed by atoms with van der Waals surface area (Å²) in [4.78, 5) is 21.6. The molecule has 4 nitrogen and oxygen atoms in total. The highest BCUT2D eigenvalue weighted by molar-refractivity contribution is 6.20. The number of benzene rings is 1. The van der Waals surface area contributed by atoms with Gasteiger partial charge < -0.3 is 10.8 Å². The van der Waals surface area contributed by atoms with E-state index in [1.54, 1.807) is 12.1 Å². The SMILES string of the molecule is CCc1ccc(/C(=C/C(N)=O)C(=O)O)cc1. The van der Waals surface area contributed by atoms with Gasteiger partial charge in [0.2, 0.25) is 5.91 Å².